The van der Waals surface area contributed by atoms with Crippen LogP contribution in [0.15, 0.2) is 41.3 Å². The Balaban J connectivity index is 2.21. The summed E-state index contributed by atoms with van der Waals surface area (Å²) in [5, 5.41) is 16.0. The van der Waals surface area contributed by atoms with Crippen LogP contribution in [0.25, 0.3) is 0 Å². The minimum atomic E-state index is -1.11. The van der Waals surface area contributed by atoms with Gasteiger partial charge in [-0.1, -0.05) is 12.1 Å². The second-order valence-corrected chi connectivity index (χ2v) is 4.16. The predicted octanol–water partition coefficient (Wildman–Crippen LogP) is 2.69. The first-order valence-corrected chi connectivity index (χ1v) is 6.31. The number of aromatic nitrogens is 2. The van der Waals surface area contributed by atoms with E-state index in [9.17, 15) is 4.79 Å². The van der Waals surface area contributed by atoms with Crippen molar-refractivity contribution in [3.8, 4) is 11.6 Å². The lowest BCUT2D eigenvalue weighted by molar-refractivity contribution is 0.0689. The van der Waals surface area contributed by atoms with Crippen molar-refractivity contribution in [2.75, 3.05) is 6.26 Å². The molecule has 18 heavy (non-hydrogen) atoms. The number of para-hydroxylation sites is 1. The Morgan fingerprint density at radius 1 is 1.22 bits per heavy atom. The molecule has 92 valence electrons. The first-order chi connectivity index (χ1) is 8.70. The summed E-state index contributed by atoms with van der Waals surface area (Å²) in [5.74, 6) is -0.178. The summed E-state index contributed by atoms with van der Waals surface area (Å²) >= 11 is 1.56. The molecule has 0 amide bonds. The van der Waals surface area contributed by atoms with Crippen LogP contribution >= 0.6 is 11.8 Å². The average molecular weight is 262 g/mol. The zero-order chi connectivity index (χ0) is 13.0. The third-order valence-corrected chi connectivity index (χ3v) is 2.92. The number of hydrogen-bond donors (Lipinski definition) is 1. The topological polar surface area (TPSA) is 72.3 Å². The largest absolute Gasteiger partial charge is 0.476 e. The smallest absolute Gasteiger partial charge is 0.356 e. The van der Waals surface area contributed by atoms with Gasteiger partial charge in [0, 0.05) is 11.0 Å². The molecule has 0 aliphatic heterocycles. The number of aromatic carboxylic acids is 1. The molecule has 0 atom stereocenters. The van der Waals surface area contributed by atoms with E-state index >= 15 is 0 Å². The van der Waals surface area contributed by atoms with E-state index in [0.29, 0.717) is 5.75 Å². The number of hydrogen-bond acceptors (Lipinski definition) is 5. The van der Waals surface area contributed by atoms with Crippen LogP contribution in [0.4, 0.5) is 0 Å². The monoisotopic (exact) mass is 262 g/mol. The normalized spacial score (nSPS) is 10.1. The Hall–Kier alpha value is -2.08. The molecule has 6 heteroatoms. The zero-order valence-corrected chi connectivity index (χ0v) is 10.3. The SMILES string of the molecule is CSc1ccccc1Oc1ccc(C(=O)O)nn1. The molecule has 1 heterocycles. The fraction of sp³-hybridized carbons (Fsp3) is 0.0833. The molecule has 1 aromatic heterocycles. The molecule has 1 N–H and O–H groups in total. The number of rotatable bonds is 4. The highest BCUT2D eigenvalue weighted by Gasteiger charge is 2.07. The fourth-order valence-electron chi connectivity index (χ4n) is 1.30. The lowest BCUT2D eigenvalue weighted by Gasteiger charge is -2.07. The van der Waals surface area contributed by atoms with Crippen LogP contribution in [0.2, 0.25) is 0 Å². The fourth-order valence-corrected chi connectivity index (χ4v) is 1.83. The quantitative estimate of drug-likeness (QED) is 0.854. The molecule has 1 aromatic carbocycles. The number of carboxylic acids is 1. The molecular weight excluding hydrogens is 252 g/mol. The number of benzene rings is 1. The minimum absolute atomic E-state index is 0.111. The van der Waals surface area contributed by atoms with Crippen LogP contribution in [0, 0.1) is 0 Å². The van der Waals surface area contributed by atoms with Gasteiger partial charge in [0.2, 0.25) is 5.88 Å². The van der Waals surface area contributed by atoms with E-state index in [1.807, 2.05) is 30.5 Å². The van der Waals surface area contributed by atoms with Crippen LogP contribution in [0.3, 0.4) is 0 Å². The highest BCUT2D eigenvalue weighted by molar-refractivity contribution is 7.98. The molecule has 0 bridgehead atoms. The van der Waals surface area contributed by atoms with E-state index in [1.165, 1.54) is 12.1 Å². The number of thioether (sulfide) groups is 1. The molecule has 0 saturated heterocycles. The Bertz CT molecular complexity index is 558. The summed E-state index contributed by atoms with van der Waals surface area (Å²) in [6.45, 7) is 0. The second-order valence-electron chi connectivity index (χ2n) is 3.31. The summed E-state index contributed by atoms with van der Waals surface area (Å²) < 4.78 is 5.55. The van der Waals surface area contributed by atoms with Gasteiger partial charge in [-0.2, -0.15) is 0 Å². The van der Waals surface area contributed by atoms with Gasteiger partial charge in [-0.05, 0) is 24.5 Å². The summed E-state index contributed by atoms with van der Waals surface area (Å²) in [6, 6.07) is 10.4. The van der Waals surface area contributed by atoms with Crippen molar-refractivity contribution in [1.82, 2.24) is 10.2 Å². The van der Waals surface area contributed by atoms with Gasteiger partial charge in [-0.3, -0.25) is 0 Å². The van der Waals surface area contributed by atoms with Crippen molar-refractivity contribution in [2.24, 2.45) is 0 Å². The van der Waals surface area contributed by atoms with Crippen molar-refractivity contribution < 1.29 is 14.6 Å². The van der Waals surface area contributed by atoms with Gasteiger partial charge in [0.15, 0.2) is 5.69 Å². The zero-order valence-electron chi connectivity index (χ0n) is 9.53. The van der Waals surface area contributed by atoms with Gasteiger partial charge >= 0.3 is 5.97 Å². The molecule has 5 nitrogen and oxygen atoms in total. The van der Waals surface area contributed by atoms with Gasteiger partial charge in [0.1, 0.15) is 5.75 Å². The maximum absolute atomic E-state index is 10.6. The Morgan fingerprint density at radius 2 is 2.00 bits per heavy atom. The molecule has 0 spiro atoms. The Labute approximate surface area is 108 Å². The summed E-state index contributed by atoms with van der Waals surface area (Å²) in [5.41, 5.74) is -0.111. The Morgan fingerprint density at radius 3 is 2.61 bits per heavy atom. The lowest BCUT2D eigenvalue weighted by atomic mass is 10.3. The van der Waals surface area contributed by atoms with Crippen molar-refractivity contribution in [3.05, 3.63) is 42.1 Å². The van der Waals surface area contributed by atoms with Crippen LogP contribution in [-0.2, 0) is 0 Å². The number of ether oxygens (including phenoxy) is 1. The first-order valence-electron chi connectivity index (χ1n) is 5.08. The molecule has 2 rings (SSSR count). The van der Waals surface area contributed by atoms with E-state index in [-0.39, 0.29) is 11.6 Å². The molecule has 0 aliphatic rings. The average Bonchev–Trinajstić information content (AvgIpc) is 2.40. The molecule has 0 fully saturated rings. The van der Waals surface area contributed by atoms with Gasteiger partial charge in [0.25, 0.3) is 0 Å². The van der Waals surface area contributed by atoms with Crippen LogP contribution in [-0.4, -0.2) is 27.5 Å². The molecule has 0 radical (unpaired) electrons. The molecule has 2 aromatic rings. The Kier molecular flexibility index (Phi) is 3.78. The highest BCUT2D eigenvalue weighted by Crippen LogP contribution is 2.30. The van der Waals surface area contributed by atoms with E-state index in [2.05, 4.69) is 10.2 Å². The predicted molar refractivity (Wildman–Crippen MR) is 67.3 cm³/mol. The van der Waals surface area contributed by atoms with Gasteiger partial charge < -0.3 is 9.84 Å². The number of carboxylic acid groups (broad SMARTS) is 1. The van der Waals surface area contributed by atoms with E-state index < -0.39 is 5.97 Å². The summed E-state index contributed by atoms with van der Waals surface area (Å²) in [6.07, 6.45) is 1.95. The number of nitrogens with zero attached hydrogens (tertiary/aromatic N) is 2. The van der Waals surface area contributed by atoms with Crippen molar-refractivity contribution in [1.29, 1.82) is 0 Å². The van der Waals surface area contributed by atoms with Crippen molar-refractivity contribution >= 4 is 17.7 Å². The lowest BCUT2D eigenvalue weighted by Crippen LogP contribution is -2.02. The van der Waals surface area contributed by atoms with E-state index in [4.69, 9.17) is 9.84 Å². The van der Waals surface area contributed by atoms with Gasteiger partial charge in [-0.15, -0.1) is 22.0 Å². The number of carbonyl (C=O) groups is 1. The molecule has 0 saturated carbocycles. The third-order valence-electron chi connectivity index (χ3n) is 2.14. The second kappa shape index (κ2) is 5.50. The molecule has 0 aliphatic carbocycles. The van der Waals surface area contributed by atoms with Gasteiger partial charge in [-0.25, -0.2) is 4.79 Å². The maximum Gasteiger partial charge on any atom is 0.356 e. The minimum Gasteiger partial charge on any atom is -0.476 e. The standard InChI is InChI=1S/C12H10N2O3S/c1-18-10-5-3-2-4-9(10)17-11-7-6-8(12(15)16)13-14-11/h2-7H,1H3,(H,15,16). The van der Waals surface area contributed by atoms with E-state index in [1.54, 1.807) is 11.8 Å². The summed E-state index contributed by atoms with van der Waals surface area (Å²) in [4.78, 5) is 11.6. The highest BCUT2D eigenvalue weighted by atomic mass is 32.2. The molecular formula is C12H10N2O3S. The van der Waals surface area contributed by atoms with Crippen molar-refractivity contribution in [3.63, 3.8) is 0 Å². The molecule has 0 unspecified atom stereocenters. The first kappa shape index (κ1) is 12.4. The summed E-state index contributed by atoms with van der Waals surface area (Å²) in [7, 11) is 0. The maximum atomic E-state index is 10.6. The van der Waals surface area contributed by atoms with Crippen LogP contribution in [0.1, 0.15) is 10.5 Å². The van der Waals surface area contributed by atoms with Crippen LogP contribution in [0.5, 0.6) is 11.6 Å². The van der Waals surface area contributed by atoms with Crippen molar-refractivity contribution in [2.45, 2.75) is 4.90 Å². The van der Waals surface area contributed by atoms with E-state index in [0.717, 1.165) is 4.90 Å². The van der Waals surface area contributed by atoms with Crippen LogP contribution < -0.4 is 4.74 Å². The third kappa shape index (κ3) is 2.78. The van der Waals surface area contributed by atoms with Gasteiger partial charge in [0.05, 0.1) is 0 Å².